The monoisotopic (exact) mass is 353 g/mol. The Bertz CT molecular complexity index is 564. The SMILES string of the molecule is CCCO[C@@]1(C(=O)Nc2ccc(OCC)c(Cl)c2)CCC[C@@H](C)C1. The van der Waals surface area contributed by atoms with Crippen LogP contribution in [-0.4, -0.2) is 24.7 Å². The molecule has 0 aromatic heterocycles. The second kappa shape index (κ2) is 8.72. The third-order valence-corrected chi connectivity index (χ3v) is 4.74. The number of carbonyl (C=O) groups excluding carboxylic acids is 1. The van der Waals surface area contributed by atoms with Crippen LogP contribution in [0.2, 0.25) is 5.02 Å². The predicted octanol–water partition coefficient (Wildman–Crippen LogP) is 5.05. The van der Waals surface area contributed by atoms with Gasteiger partial charge in [-0.15, -0.1) is 0 Å². The molecule has 0 aliphatic heterocycles. The summed E-state index contributed by atoms with van der Waals surface area (Å²) in [5.74, 6) is 1.05. The Morgan fingerprint density at radius 2 is 2.21 bits per heavy atom. The van der Waals surface area contributed by atoms with Gasteiger partial charge in [0.1, 0.15) is 11.4 Å². The Hall–Kier alpha value is -1.26. The van der Waals surface area contributed by atoms with E-state index < -0.39 is 5.60 Å². The molecular weight excluding hydrogens is 326 g/mol. The van der Waals surface area contributed by atoms with Crippen LogP contribution in [0.25, 0.3) is 0 Å². The lowest BCUT2D eigenvalue weighted by molar-refractivity contribution is -0.148. The molecule has 0 saturated heterocycles. The minimum atomic E-state index is -0.723. The van der Waals surface area contributed by atoms with Crippen LogP contribution in [-0.2, 0) is 9.53 Å². The first-order chi connectivity index (χ1) is 11.5. The van der Waals surface area contributed by atoms with Crippen LogP contribution in [0.5, 0.6) is 5.75 Å². The summed E-state index contributed by atoms with van der Waals surface area (Å²) in [5.41, 5.74) is -0.0511. The highest BCUT2D eigenvalue weighted by molar-refractivity contribution is 6.32. The van der Waals surface area contributed by atoms with E-state index in [-0.39, 0.29) is 5.91 Å². The van der Waals surface area contributed by atoms with E-state index in [0.717, 1.165) is 32.1 Å². The van der Waals surface area contributed by atoms with E-state index in [0.29, 0.717) is 35.6 Å². The normalized spacial score (nSPS) is 23.8. The minimum absolute atomic E-state index is 0.0669. The second-order valence-electron chi connectivity index (χ2n) is 6.58. The van der Waals surface area contributed by atoms with Crippen molar-refractivity contribution in [2.75, 3.05) is 18.5 Å². The molecular formula is C19H28ClNO3. The van der Waals surface area contributed by atoms with Crippen LogP contribution in [0, 0.1) is 5.92 Å². The highest BCUT2D eigenvalue weighted by Gasteiger charge is 2.42. The van der Waals surface area contributed by atoms with Gasteiger partial charge >= 0.3 is 0 Å². The summed E-state index contributed by atoms with van der Waals surface area (Å²) < 4.78 is 11.5. The number of hydrogen-bond acceptors (Lipinski definition) is 3. The average Bonchev–Trinajstić information content (AvgIpc) is 2.55. The molecule has 0 radical (unpaired) electrons. The highest BCUT2D eigenvalue weighted by Crippen LogP contribution is 2.37. The molecule has 134 valence electrons. The first kappa shape index (κ1) is 19.1. The molecule has 0 spiro atoms. The lowest BCUT2D eigenvalue weighted by Crippen LogP contribution is -2.48. The lowest BCUT2D eigenvalue weighted by Gasteiger charge is -2.38. The van der Waals surface area contributed by atoms with Crippen molar-refractivity contribution in [3.63, 3.8) is 0 Å². The van der Waals surface area contributed by atoms with E-state index in [2.05, 4.69) is 19.2 Å². The number of hydrogen-bond donors (Lipinski definition) is 1. The van der Waals surface area contributed by atoms with E-state index in [1.54, 1.807) is 12.1 Å². The Morgan fingerprint density at radius 3 is 2.83 bits per heavy atom. The average molecular weight is 354 g/mol. The first-order valence-corrected chi connectivity index (χ1v) is 9.26. The fraction of sp³-hybridized carbons (Fsp3) is 0.632. The lowest BCUT2D eigenvalue weighted by atomic mass is 9.78. The Balaban J connectivity index is 2.13. The number of ether oxygens (including phenoxy) is 2. The molecule has 1 N–H and O–H groups in total. The second-order valence-corrected chi connectivity index (χ2v) is 6.98. The standard InChI is InChI=1S/C19H28ClNO3/c1-4-11-24-19(10-6-7-14(3)13-19)18(22)21-15-8-9-17(23-5-2)16(20)12-15/h8-9,12,14H,4-7,10-11,13H2,1-3H3,(H,21,22)/t14-,19+/m1/s1. The van der Waals surface area contributed by atoms with Gasteiger partial charge in [0.15, 0.2) is 0 Å². The smallest absolute Gasteiger partial charge is 0.256 e. The van der Waals surface area contributed by atoms with E-state index in [1.165, 1.54) is 0 Å². The molecule has 1 aliphatic rings. The number of amides is 1. The fourth-order valence-corrected chi connectivity index (χ4v) is 3.53. The number of rotatable bonds is 7. The van der Waals surface area contributed by atoms with E-state index >= 15 is 0 Å². The van der Waals surface area contributed by atoms with Crippen LogP contribution in [0.1, 0.15) is 52.9 Å². The molecule has 1 aliphatic carbocycles. The van der Waals surface area contributed by atoms with Crippen LogP contribution in [0.15, 0.2) is 18.2 Å². The fourth-order valence-electron chi connectivity index (χ4n) is 3.30. The van der Waals surface area contributed by atoms with Crippen LogP contribution in [0.4, 0.5) is 5.69 Å². The van der Waals surface area contributed by atoms with Crippen LogP contribution >= 0.6 is 11.6 Å². The molecule has 0 heterocycles. The maximum atomic E-state index is 13.0. The van der Waals surface area contributed by atoms with Gasteiger partial charge in [-0.2, -0.15) is 0 Å². The van der Waals surface area contributed by atoms with Crippen molar-refractivity contribution in [3.8, 4) is 5.75 Å². The van der Waals surface area contributed by atoms with Gasteiger partial charge in [-0.05, 0) is 56.7 Å². The minimum Gasteiger partial charge on any atom is -0.492 e. The van der Waals surface area contributed by atoms with Crippen molar-refractivity contribution in [2.24, 2.45) is 5.92 Å². The van der Waals surface area contributed by atoms with Crippen molar-refractivity contribution < 1.29 is 14.3 Å². The zero-order valence-corrected chi connectivity index (χ0v) is 15.6. The van der Waals surface area contributed by atoms with Gasteiger partial charge in [0, 0.05) is 12.3 Å². The largest absolute Gasteiger partial charge is 0.492 e. The van der Waals surface area contributed by atoms with Crippen molar-refractivity contribution >= 4 is 23.2 Å². The van der Waals surface area contributed by atoms with Crippen molar-refractivity contribution in [2.45, 2.75) is 58.5 Å². The summed E-state index contributed by atoms with van der Waals surface area (Å²) in [6, 6.07) is 5.32. The Morgan fingerprint density at radius 1 is 1.42 bits per heavy atom. The van der Waals surface area contributed by atoms with Gasteiger partial charge in [0.2, 0.25) is 0 Å². The number of carbonyl (C=O) groups is 1. The Kier molecular flexibility index (Phi) is 6.93. The molecule has 1 aromatic rings. The molecule has 4 nitrogen and oxygen atoms in total. The summed E-state index contributed by atoms with van der Waals surface area (Å²) >= 11 is 6.21. The zero-order chi connectivity index (χ0) is 17.6. The van der Waals surface area contributed by atoms with Crippen LogP contribution in [0.3, 0.4) is 0 Å². The van der Waals surface area contributed by atoms with Gasteiger partial charge in [0.25, 0.3) is 5.91 Å². The third-order valence-electron chi connectivity index (χ3n) is 4.44. The molecule has 5 heteroatoms. The summed E-state index contributed by atoms with van der Waals surface area (Å²) in [7, 11) is 0. The number of nitrogens with one attached hydrogen (secondary N) is 1. The third kappa shape index (κ3) is 4.64. The number of anilines is 1. The maximum Gasteiger partial charge on any atom is 0.256 e. The molecule has 2 rings (SSSR count). The molecule has 24 heavy (non-hydrogen) atoms. The molecule has 1 saturated carbocycles. The summed E-state index contributed by atoms with van der Waals surface area (Å²) in [6.45, 7) is 7.31. The van der Waals surface area contributed by atoms with Gasteiger partial charge in [-0.25, -0.2) is 0 Å². The van der Waals surface area contributed by atoms with Gasteiger partial charge < -0.3 is 14.8 Å². The number of benzene rings is 1. The van der Waals surface area contributed by atoms with Crippen molar-refractivity contribution in [3.05, 3.63) is 23.2 Å². The maximum absolute atomic E-state index is 13.0. The summed E-state index contributed by atoms with van der Waals surface area (Å²) in [6.07, 6.45) is 4.61. The zero-order valence-electron chi connectivity index (χ0n) is 14.9. The Labute approximate surface area is 149 Å². The summed E-state index contributed by atoms with van der Waals surface area (Å²) in [5, 5.41) is 3.48. The predicted molar refractivity (Wildman–Crippen MR) is 97.9 cm³/mol. The van der Waals surface area contributed by atoms with Gasteiger partial charge in [0.05, 0.1) is 11.6 Å². The molecule has 2 atom stereocenters. The molecule has 0 bridgehead atoms. The topological polar surface area (TPSA) is 47.6 Å². The van der Waals surface area contributed by atoms with E-state index in [9.17, 15) is 4.79 Å². The van der Waals surface area contributed by atoms with Gasteiger partial charge in [-0.1, -0.05) is 31.9 Å². The molecule has 1 fully saturated rings. The van der Waals surface area contributed by atoms with Gasteiger partial charge in [-0.3, -0.25) is 4.79 Å². The molecule has 1 amide bonds. The number of halogens is 1. The van der Waals surface area contributed by atoms with Crippen molar-refractivity contribution in [1.29, 1.82) is 0 Å². The highest BCUT2D eigenvalue weighted by atomic mass is 35.5. The molecule has 1 aromatic carbocycles. The molecule has 0 unspecified atom stereocenters. The van der Waals surface area contributed by atoms with Crippen molar-refractivity contribution in [1.82, 2.24) is 0 Å². The van der Waals surface area contributed by atoms with Crippen LogP contribution < -0.4 is 10.1 Å². The quantitative estimate of drug-likeness (QED) is 0.745. The first-order valence-electron chi connectivity index (χ1n) is 8.88. The summed E-state index contributed by atoms with van der Waals surface area (Å²) in [4.78, 5) is 13.0. The van der Waals surface area contributed by atoms with E-state index in [4.69, 9.17) is 21.1 Å². The van der Waals surface area contributed by atoms with E-state index in [1.807, 2.05) is 13.0 Å².